The van der Waals surface area contributed by atoms with Crippen LogP contribution in [0.4, 0.5) is 5.69 Å². The number of anilines is 1. The molecule has 1 aliphatic heterocycles. The first-order valence-electron chi connectivity index (χ1n) is 8.72. The Hall–Kier alpha value is -2.24. The highest BCUT2D eigenvalue weighted by molar-refractivity contribution is 6.30. The fourth-order valence-corrected chi connectivity index (χ4v) is 2.85. The molecule has 6 heteroatoms. The molecule has 1 amide bonds. The lowest BCUT2D eigenvalue weighted by Gasteiger charge is -2.12. The summed E-state index contributed by atoms with van der Waals surface area (Å²) in [6.45, 7) is 1.62. The monoisotopic (exact) mass is 375 g/mol. The van der Waals surface area contributed by atoms with Gasteiger partial charge in [0.25, 0.3) is 0 Å². The highest BCUT2D eigenvalue weighted by Gasteiger charge is 2.16. The Morgan fingerprint density at radius 2 is 1.96 bits per heavy atom. The minimum Gasteiger partial charge on any atom is -0.493 e. The van der Waals surface area contributed by atoms with Gasteiger partial charge in [0.1, 0.15) is 18.1 Å². The summed E-state index contributed by atoms with van der Waals surface area (Å²) >= 11 is 5.90. The Bertz CT molecular complexity index is 731. The zero-order valence-corrected chi connectivity index (χ0v) is 15.2. The van der Waals surface area contributed by atoms with Crippen molar-refractivity contribution in [2.45, 2.75) is 25.4 Å². The van der Waals surface area contributed by atoms with Crippen LogP contribution in [-0.4, -0.2) is 31.8 Å². The van der Waals surface area contributed by atoms with Crippen LogP contribution in [-0.2, 0) is 9.53 Å². The van der Waals surface area contributed by atoms with E-state index in [0.717, 1.165) is 19.4 Å². The summed E-state index contributed by atoms with van der Waals surface area (Å²) in [5, 5.41) is 3.46. The van der Waals surface area contributed by atoms with Gasteiger partial charge in [0.15, 0.2) is 0 Å². The van der Waals surface area contributed by atoms with Crippen molar-refractivity contribution in [3.8, 4) is 11.5 Å². The van der Waals surface area contributed by atoms with Gasteiger partial charge in [0, 0.05) is 23.4 Å². The third-order valence-corrected chi connectivity index (χ3v) is 4.21. The Labute approximate surface area is 158 Å². The van der Waals surface area contributed by atoms with Crippen LogP contribution in [0.15, 0.2) is 48.5 Å². The van der Waals surface area contributed by atoms with E-state index in [4.69, 9.17) is 25.8 Å². The van der Waals surface area contributed by atoms with E-state index in [0.29, 0.717) is 28.8 Å². The average molecular weight is 376 g/mol. The summed E-state index contributed by atoms with van der Waals surface area (Å²) in [4.78, 5) is 12.1. The van der Waals surface area contributed by atoms with Crippen LogP contribution in [0.3, 0.4) is 0 Å². The quantitative estimate of drug-likeness (QED) is 0.747. The predicted octanol–water partition coefficient (Wildman–Crippen LogP) is 4.31. The number of hydrogen-bond acceptors (Lipinski definition) is 4. The summed E-state index contributed by atoms with van der Waals surface area (Å²) in [6.07, 6.45) is 2.52. The number of halogens is 1. The van der Waals surface area contributed by atoms with Crippen molar-refractivity contribution >= 4 is 23.2 Å². The van der Waals surface area contributed by atoms with Crippen LogP contribution in [0.2, 0.25) is 5.02 Å². The largest absolute Gasteiger partial charge is 0.493 e. The maximum atomic E-state index is 12.1. The smallest absolute Gasteiger partial charge is 0.227 e. The summed E-state index contributed by atoms with van der Waals surface area (Å²) < 4.78 is 16.8. The van der Waals surface area contributed by atoms with Crippen LogP contribution in [0, 0.1) is 0 Å². The fourth-order valence-electron chi connectivity index (χ4n) is 2.67. The molecule has 26 heavy (non-hydrogen) atoms. The first-order chi connectivity index (χ1) is 12.7. The number of ether oxygens (including phenoxy) is 3. The van der Waals surface area contributed by atoms with E-state index in [-0.39, 0.29) is 25.0 Å². The van der Waals surface area contributed by atoms with Crippen molar-refractivity contribution < 1.29 is 19.0 Å². The lowest BCUT2D eigenvalue weighted by atomic mass is 10.2. The minimum absolute atomic E-state index is 0.122. The zero-order valence-electron chi connectivity index (χ0n) is 14.4. The van der Waals surface area contributed by atoms with Crippen LogP contribution >= 0.6 is 11.6 Å². The second-order valence-corrected chi connectivity index (χ2v) is 6.51. The molecule has 1 N–H and O–H groups in total. The molecule has 0 spiro atoms. The molecule has 2 aromatic carbocycles. The van der Waals surface area contributed by atoms with Gasteiger partial charge in [-0.05, 0) is 43.2 Å². The third kappa shape index (κ3) is 5.93. The van der Waals surface area contributed by atoms with Crippen molar-refractivity contribution in [3.63, 3.8) is 0 Å². The highest BCUT2D eigenvalue weighted by atomic mass is 35.5. The number of carbonyl (C=O) groups excluding carboxylic acids is 1. The summed E-state index contributed by atoms with van der Waals surface area (Å²) in [5.74, 6) is 1.24. The molecule has 1 heterocycles. The Morgan fingerprint density at radius 1 is 1.15 bits per heavy atom. The average Bonchev–Trinajstić information content (AvgIpc) is 3.14. The molecule has 1 fully saturated rings. The zero-order chi connectivity index (χ0) is 18.2. The molecule has 5 nitrogen and oxygen atoms in total. The molecule has 0 bridgehead atoms. The molecule has 1 aliphatic rings. The van der Waals surface area contributed by atoms with Gasteiger partial charge < -0.3 is 19.5 Å². The fraction of sp³-hybridized carbons (Fsp3) is 0.350. The van der Waals surface area contributed by atoms with Gasteiger partial charge in [-0.1, -0.05) is 23.7 Å². The maximum absolute atomic E-state index is 12.1. The van der Waals surface area contributed by atoms with Crippen molar-refractivity contribution in [2.24, 2.45) is 0 Å². The van der Waals surface area contributed by atoms with Crippen molar-refractivity contribution in [1.82, 2.24) is 0 Å². The highest BCUT2D eigenvalue weighted by Crippen LogP contribution is 2.20. The number of amides is 1. The molecule has 2 aromatic rings. The maximum Gasteiger partial charge on any atom is 0.227 e. The molecule has 0 aliphatic carbocycles. The van der Waals surface area contributed by atoms with E-state index < -0.39 is 0 Å². The van der Waals surface area contributed by atoms with Crippen LogP contribution in [0.1, 0.15) is 19.3 Å². The lowest BCUT2D eigenvalue weighted by Crippen LogP contribution is -2.17. The Kier molecular flexibility index (Phi) is 6.75. The van der Waals surface area contributed by atoms with Crippen molar-refractivity contribution in [1.29, 1.82) is 0 Å². The Morgan fingerprint density at radius 3 is 2.73 bits per heavy atom. The first kappa shape index (κ1) is 18.5. The van der Waals surface area contributed by atoms with E-state index in [9.17, 15) is 4.79 Å². The number of hydrogen-bond donors (Lipinski definition) is 1. The normalized spacial score (nSPS) is 16.3. The molecule has 0 saturated carbocycles. The first-order valence-corrected chi connectivity index (χ1v) is 9.09. The molecule has 1 atom stereocenters. The molecule has 0 radical (unpaired) electrons. The van der Waals surface area contributed by atoms with E-state index >= 15 is 0 Å². The van der Waals surface area contributed by atoms with E-state index in [1.165, 1.54) is 0 Å². The van der Waals surface area contributed by atoms with Crippen molar-refractivity contribution in [2.75, 3.05) is 25.1 Å². The van der Waals surface area contributed by atoms with Gasteiger partial charge in [-0.2, -0.15) is 0 Å². The van der Waals surface area contributed by atoms with Gasteiger partial charge in [-0.15, -0.1) is 0 Å². The second-order valence-electron chi connectivity index (χ2n) is 6.08. The molecular formula is C20H22ClNO4. The van der Waals surface area contributed by atoms with E-state index in [1.807, 2.05) is 24.3 Å². The second kappa shape index (κ2) is 9.46. The van der Waals surface area contributed by atoms with E-state index in [2.05, 4.69) is 5.32 Å². The molecule has 138 valence electrons. The number of carbonyl (C=O) groups is 1. The summed E-state index contributed by atoms with van der Waals surface area (Å²) in [7, 11) is 0. The minimum atomic E-state index is -0.122. The SMILES string of the molecule is O=C(CCOc1cccc(Cl)c1)Nc1cccc(OC[C@H]2CCCO2)c1. The molecule has 3 rings (SSSR count). The van der Waals surface area contributed by atoms with Gasteiger partial charge in [-0.3, -0.25) is 4.79 Å². The van der Waals surface area contributed by atoms with Crippen LogP contribution in [0.25, 0.3) is 0 Å². The van der Waals surface area contributed by atoms with Crippen LogP contribution in [0.5, 0.6) is 11.5 Å². The van der Waals surface area contributed by atoms with Gasteiger partial charge in [0.2, 0.25) is 5.91 Å². The van der Waals surface area contributed by atoms with Crippen LogP contribution < -0.4 is 14.8 Å². The topological polar surface area (TPSA) is 56.8 Å². The lowest BCUT2D eigenvalue weighted by molar-refractivity contribution is -0.116. The summed E-state index contributed by atoms with van der Waals surface area (Å²) in [5.41, 5.74) is 0.697. The number of nitrogens with one attached hydrogen (secondary N) is 1. The summed E-state index contributed by atoms with van der Waals surface area (Å²) in [6, 6.07) is 14.5. The molecule has 0 aromatic heterocycles. The number of benzene rings is 2. The standard InChI is InChI=1S/C20H22ClNO4/c21-15-4-1-6-17(12-15)25-11-9-20(23)22-16-5-2-7-18(13-16)26-14-19-8-3-10-24-19/h1-2,4-7,12-13,19H,3,8-11,14H2,(H,22,23)/t19-/m1/s1. The Balaban J connectivity index is 1.42. The molecule has 0 unspecified atom stereocenters. The molecule has 1 saturated heterocycles. The molecular weight excluding hydrogens is 354 g/mol. The van der Waals surface area contributed by atoms with Gasteiger partial charge in [-0.25, -0.2) is 0 Å². The van der Waals surface area contributed by atoms with Crippen molar-refractivity contribution in [3.05, 3.63) is 53.6 Å². The van der Waals surface area contributed by atoms with Gasteiger partial charge >= 0.3 is 0 Å². The third-order valence-electron chi connectivity index (χ3n) is 3.97. The van der Waals surface area contributed by atoms with E-state index in [1.54, 1.807) is 24.3 Å². The number of rotatable bonds is 8. The predicted molar refractivity (Wildman–Crippen MR) is 101 cm³/mol. The van der Waals surface area contributed by atoms with Gasteiger partial charge in [0.05, 0.1) is 19.1 Å².